The molecule has 1 N–H and O–H groups in total. The van der Waals surface area contributed by atoms with Gasteiger partial charge in [0.2, 0.25) is 0 Å². The van der Waals surface area contributed by atoms with Gasteiger partial charge in [-0.25, -0.2) is 5.43 Å². The van der Waals surface area contributed by atoms with E-state index < -0.39 is 0 Å². The maximum absolute atomic E-state index is 11.7. The molecule has 0 spiro atoms. The van der Waals surface area contributed by atoms with Gasteiger partial charge >= 0.3 is 0 Å². The van der Waals surface area contributed by atoms with E-state index in [2.05, 4.69) is 26.5 Å². The number of carbonyl (C=O) groups excluding carboxylic acids is 1. The van der Waals surface area contributed by atoms with E-state index in [1.54, 1.807) is 24.4 Å². The fourth-order valence-corrected chi connectivity index (χ4v) is 2.36. The SMILES string of the molecule is Cc1cc(Cl)ccc1OCC(=O)NN=Cc1cccc(Br)c1. The van der Waals surface area contributed by atoms with E-state index >= 15 is 0 Å². The standard InChI is InChI=1S/C16H14BrClN2O2/c1-11-7-14(18)5-6-15(11)22-10-16(21)20-19-9-12-3-2-4-13(17)8-12/h2-9H,10H2,1H3,(H,20,21). The van der Waals surface area contributed by atoms with Crippen molar-refractivity contribution in [3.63, 3.8) is 0 Å². The van der Waals surface area contributed by atoms with Crippen molar-refractivity contribution in [1.82, 2.24) is 5.43 Å². The monoisotopic (exact) mass is 380 g/mol. The van der Waals surface area contributed by atoms with E-state index in [1.807, 2.05) is 31.2 Å². The Hall–Kier alpha value is -1.85. The molecule has 2 rings (SSSR count). The summed E-state index contributed by atoms with van der Waals surface area (Å²) in [6.45, 7) is 1.75. The van der Waals surface area contributed by atoms with Crippen LogP contribution in [0.25, 0.3) is 0 Å². The van der Waals surface area contributed by atoms with Gasteiger partial charge in [-0.3, -0.25) is 4.79 Å². The summed E-state index contributed by atoms with van der Waals surface area (Å²) in [6.07, 6.45) is 1.57. The van der Waals surface area contributed by atoms with Gasteiger partial charge in [0.25, 0.3) is 5.91 Å². The Morgan fingerprint density at radius 1 is 1.36 bits per heavy atom. The molecule has 0 fully saturated rings. The number of hydrogen-bond donors (Lipinski definition) is 1. The van der Waals surface area contributed by atoms with Crippen molar-refractivity contribution in [1.29, 1.82) is 0 Å². The first-order valence-electron chi connectivity index (χ1n) is 6.51. The number of benzene rings is 2. The Bertz CT molecular complexity index is 704. The number of ether oxygens (including phenoxy) is 1. The van der Waals surface area contributed by atoms with Crippen molar-refractivity contribution in [2.24, 2.45) is 5.10 Å². The maximum atomic E-state index is 11.7. The number of hydrazone groups is 1. The fraction of sp³-hybridized carbons (Fsp3) is 0.125. The van der Waals surface area contributed by atoms with Crippen LogP contribution in [0.5, 0.6) is 5.75 Å². The number of hydrogen-bond acceptors (Lipinski definition) is 3. The smallest absolute Gasteiger partial charge is 0.277 e. The highest BCUT2D eigenvalue weighted by molar-refractivity contribution is 9.10. The zero-order chi connectivity index (χ0) is 15.9. The van der Waals surface area contributed by atoms with Gasteiger partial charge in [-0.15, -0.1) is 0 Å². The van der Waals surface area contributed by atoms with E-state index in [0.717, 1.165) is 15.6 Å². The van der Waals surface area contributed by atoms with Gasteiger partial charge in [-0.1, -0.05) is 39.7 Å². The summed E-state index contributed by atoms with van der Waals surface area (Å²) < 4.78 is 6.37. The van der Waals surface area contributed by atoms with Crippen molar-refractivity contribution in [3.8, 4) is 5.75 Å². The van der Waals surface area contributed by atoms with E-state index in [0.29, 0.717) is 10.8 Å². The molecule has 0 aliphatic heterocycles. The van der Waals surface area contributed by atoms with Gasteiger partial charge in [0, 0.05) is 9.50 Å². The molecule has 0 saturated carbocycles. The van der Waals surface area contributed by atoms with Crippen LogP contribution in [0, 0.1) is 6.92 Å². The molecule has 0 aromatic heterocycles. The van der Waals surface area contributed by atoms with Crippen molar-refractivity contribution < 1.29 is 9.53 Å². The van der Waals surface area contributed by atoms with Gasteiger partial charge in [-0.05, 0) is 48.4 Å². The maximum Gasteiger partial charge on any atom is 0.277 e. The van der Waals surface area contributed by atoms with Gasteiger partial charge < -0.3 is 4.74 Å². The fourth-order valence-electron chi connectivity index (χ4n) is 1.72. The molecule has 0 aliphatic rings. The van der Waals surface area contributed by atoms with Crippen molar-refractivity contribution >= 4 is 39.7 Å². The third-order valence-electron chi connectivity index (χ3n) is 2.75. The van der Waals surface area contributed by atoms with Crippen LogP contribution in [0.3, 0.4) is 0 Å². The lowest BCUT2D eigenvalue weighted by molar-refractivity contribution is -0.123. The molecule has 0 radical (unpaired) electrons. The van der Waals surface area contributed by atoms with Crippen molar-refractivity contribution in [3.05, 3.63) is 63.1 Å². The number of halogens is 2. The lowest BCUT2D eigenvalue weighted by Crippen LogP contribution is -2.24. The van der Waals surface area contributed by atoms with Crippen LogP contribution in [0.15, 0.2) is 52.0 Å². The first-order valence-corrected chi connectivity index (χ1v) is 7.68. The molecule has 0 unspecified atom stereocenters. The number of rotatable bonds is 5. The second-order valence-electron chi connectivity index (χ2n) is 4.55. The lowest BCUT2D eigenvalue weighted by atomic mass is 10.2. The second kappa shape index (κ2) is 7.96. The zero-order valence-electron chi connectivity index (χ0n) is 11.8. The van der Waals surface area contributed by atoms with Crippen LogP contribution in [-0.4, -0.2) is 18.7 Å². The topological polar surface area (TPSA) is 50.7 Å². The second-order valence-corrected chi connectivity index (χ2v) is 5.90. The van der Waals surface area contributed by atoms with Crippen molar-refractivity contribution in [2.75, 3.05) is 6.61 Å². The number of carbonyl (C=O) groups is 1. The van der Waals surface area contributed by atoms with Crippen LogP contribution in [-0.2, 0) is 4.79 Å². The highest BCUT2D eigenvalue weighted by Crippen LogP contribution is 2.21. The van der Waals surface area contributed by atoms with E-state index in [1.165, 1.54) is 0 Å². The number of nitrogens with one attached hydrogen (secondary N) is 1. The van der Waals surface area contributed by atoms with E-state index in [4.69, 9.17) is 16.3 Å². The Labute approximate surface area is 142 Å². The molecule has 114 valence electrons. The average Bonchev–Trinajstić information content (AvgIpc) is 2.46. The molecule has 4 nitrogen and oxygen atoms in total. The molecule has 0 saturated heterocycles. The quantitative estimate of drug-likeness (QED) is 0.630. The normalized spacial score (nSPS) is 10.7. The third kappa shape index (κ3) is 5.16. The Morgan fingerprint density at radius 3 is 2.91 bits per heavy atom. The Kier molecular flexibility index (Phi) is 5.98. The molecular formula is C16H14BrClN2O2. The van der Waals surface area contributed by atoms with Crippen LogP contribution in [0.2, 0.25) is 5.02 Å². The minimum atomic E-state index is -0.333. The molecule has 0 heterocycles. The molecule has 2 aromatic carbocycles. The van der Waals surface area contributed by atoms with Crippen LogP contribution in [0.4, 0.5) is 0 Å². The third-order valence-corrected chi connectivity index (χ3v) is 3.48. The minimum Gasteiger partial charge on any atom is -0.483 e. The molecule has 0 aliphatic carbocycles. The van der Waals surface area contributed by atoms with Crippen LogP contribution in [0.1, 0.15) is 11.1 Å². The summed E-state index contributed by atoms with van der Waals surface area (Å²) in [4.78, 5) is 11.7. The van der Waals surface area contributed by atoms with Gasteiger partial charge in [0.15, 0.2) is 6.61 Å². The summed E-state index contributed by atoms with van der Waals surface area (Å²) in [7, 11) is 0. The summed E-state index contributed by atoms with van der Waals surface area (Å²) in [5, 5.41) is 4.52. The minimum absolute atomic E-state index is 0.113. The summed E-state index contributed by atoms with van der Waals surface area (Å²) in [5.41, 5.74) is 4.17. The number of aryl methyl sites for hydroxylation is 1. The predicted octanol–water partition coefficient (Wildman–Crippen LogP) is 3.94. The highest BCUT2D eigenvalue weighted by Gasteiger charge is 2.04. The van der Waals surface area contributed by atoms with E-state index in [9.17, 15) is 4.79 Å². The number of amides is 1. The molecule has 6 heteroatoms. The van der Waals surface area contributed by atoms with Crippen LogP contribution < -0.4 is 10.2 Å². The predicted molar refractivity (Wildman–Crippen MR) is 91.6 cm³/mol. The first-order chi connectivity index (χ1) is 10.5. The highest BCUT2D eigenvalue weighted by atomic mass is 79.9. The summed E-state index contributed by atoms with van der Waals surface area (Å²) in [5.74, 6) is 0.288. The van der Waals surface area contributed by atoms with E-state index in [-0.39, 0.29) is 12.5 Å². The molecule has 2 aromatic rings. The largest absolute Gasteiger partial charge is 0.483 e. The average molecular weight is 382 g/mol. The molecule has 22 heavy (non-hydrogen) atoms. The zero-order valence-corrected chi connectivity index (χ0v) is 14.2. The van der Waals surface area contributed by atoms with Crippen LogP contribution >= 0.6 is 27.5 Å². The molecule has 1 amide bonds. The molecule has 0 atom stereocenters. The summed E-state index contributed by atoms with van der Waals surface area (Å²) in [6, 6.07) is 12.8. The van der Waals surface area contributed by atoms with Gasteiger partial charge in [0.1, 0.15) is 5.75 Å². The first kappa shape index (κ1) is 16.5. The molecular weight excluding hydrogens is 368 g/mol. The lowest BCUT2D eigenvalue weighted by Gasteiger charge is -2.08. The Balaban J connectivity index is 1.83. The Morgan fingerprint density at radius 2 is 2.18 bits per heavy atom. The molecule has 0 bridgehead atoms. The van der Waals surface area contributed by atoms with Gasteiger partial charge in [-0.2, -0.15) is 5.10 Å². The number of nitrogens with zero attached hydrogens (tertiary/aromatic N) is 1. The van der Waals surface area contributed by atoms with Crippen molar-refractivity contribution in [2.45, 2.75) is 6.92 Å². The summed E-state index contributed by atoms with van der Waals surface area (Å²) >= 11 is 9.23. The van der Waals surface area contributed by atoms with Gasteiger partial charge in [0.05, 0.1) is 6.21 Å².